The molecule has 0 atom stereocenters. The third-order valence-electron chi connectivity index (χ3n) is 4.04. The highest BCUT2D eigenvalue weighted by molar-refractivity contribution is 5.82. The summed E-state index contributed by atoms with van der Waals surface area (Å²) in [5.41, 5.74) is 5.01. The van der Waals surface area contributed by atoms with Gasteiger partial charge in [-0.3, -0.25) is 10.1 Å². The van der Waals surface area contributed by atoms with Crippen LogP contribution >= 0.6 is 0 Å². The van der Waals surface area contributed by atoms with Gasteiger partial charge < -0.3 is 5.73 Å². The van der Waals surface area contributed by atoms with Crippen LogP contribution in [0.5, 0.6) is 0 Å². The van der Waals surface area contributed by atoms with Gasteiger partial charge in [0.1, 0.15) is 17.5 Å². The smallest absolute Gasteiger partial charge is 0.383 e. The van der Waals surface area contributed by atoms with Gasteiger partial charge in [-0.15, -0.1) is 0 Å². The monoisotopic (exact) mass is 384 g/mol. The van der Waals surface area contributed by atoms with E-state index in [1.807, 2.05) is 6.07 Å². The Morgan fingerprint density at radius 1 is 1.07 bits per heavy atom. The summed E-state index contributed by atoms with van der Waals surface area (Å²) >= 11 is 0. The second-order valence-corrected chi connectivity index (χ2v) is 5.78. The molecule has 1 aromatic heterocycles. The Kier molecular flexibility index (Phi) is 4.71. The summed E-state index contributed by atoms with van der Waals surface area (Å²) in [7, 11) is 0. The lowest BCUT2D eigenvalue weighted by molar-refractivity contribution is -0.384. The van der Waals surface area contributed by atoms with E-state index >= 15 is 0 Å². The second kappa shape index (κ2) is 7.00. The number of rotatable bonds is 3. The highest BCUT2D eigenvalue weighted by atomic mass is 19.4. The number of hydrogen-bond acceptors (Lipinski definition) is 5. The molecule has 0 amide bonds. The van der Waals surface area contributed by atoms with E-state index in [0.717, 1.165) is 12.1 Å². The van der Waals surface area contributed by atoms with E-state index < -0.39 is 16.7 Å². The molecule has 2 aromatic carbocycles. The van der Waals surface area contributed by atoms with Gasteiger partial charge in [-0.25, -0.2) is 4.98 Å². The van der Waals surface area contributed by atoms with Gasteiger partial charge in [-0.2, -0.15) is 18.4 Å². The summed E-state index contributed by atoms with van der Waals surface area (Å²) in [5, 5.41) is 20.7. The molecule has 140 valence electrons. The minimum absolute atomic E-state index is 0.0798. The number of pyridine rings is 1. The summed E-state index contributed by atoms with van der Waals surface area (Å²) in [6.07, 6.45) is -4.57. The average molecular weight is 384 g/mol. The minimum Gasteiger partial charge on any atom is -0.383 e. The fraction of sp³-hybridized carbons (Fsp3) is 0.0526. The normalized spacial score (nSPS) is 11.1. The summed E-state index contributed by atoms with van der Waals surface area (Å²) in [6.45, 7) is 0. The summed E-state index contributed by atoms with van der Waals surface area (Å²) in [6, 6.07) is 13.3. The first-order chi connectivity index (χ1) is 13.2. The minimum atomic E-state index is -4.57. The van der Waals surface area contributed by atoms with Crippen LogP contribution in [-0.4, -0.2) is 9.91 Å². The van der Waals surface area contributed by atoms with E-state index in [9.17, 15) is 28.5 Å². The number of nitrogens with two attached hydrogens (primary N) is 1. The first kappa shape index (κ1) is 18.8. The van der Waals surface area contributed by atoms with Crippen LogP contribution in [0.1, 0.15) is 11.1 Å². The van der Waals surface area contributed by atoms with E-state index in [1.165, 1.54) is 36.4 Å². The number of nitrogen functional groups attached to an aromatic ring is 1. The molecule has 28 heavy (non-hydrogen) atoms. The number of nitrogens with zero attached hydrogens (tertiary/aromatic N) is 3. The number of anilines is 1. The van der Waals surface area contributed by atoms with Crippen LogP contribution in [0, 0.1) is 21.4 Å². The molecule has 6 nitrogen and oxygen atoms in total. The maximum absolute atomic E-state index is 13.1. The Hall–Kier alpha value is -3.93. The Morgan fingerprint density at radius 2 is 1.79 bits per heavy atom. The molecule has 9 heteroatoms. The zero-order valence-corrected chi connectivity index (χ0v) is 14.1. The van der Waals surface area contributed by atoms with Crippen LogP contribution in [0.2, 0.25) is 0 Å². The van der Waals surface area contributed by atoms with Gasteiger partial charge in [0.2, 0.25) is 0 Å². The molecule has 0 saturated carbocycles. The quantitative estimate of drug-likeness (QED) is 0.516. The molecule has 0 unspecified atom stereocenters. The molecule has 0 radical (unpaired) electrons. The van der Waals surface area contributed by atoms with Gasteiger partial charge in [0.05, 0.1) is 21.7 Å². The maximum atomic E-state index is 13.1. The Bertz CT molecular complexity index is 1120. The fourth-order valence-electron chi connectivity index (χ4n) is 2.76. The standard InChI is InChI=1S/C19H11F3N4O2/c20-19(21,22)12-5-3-4-11(8-12)14-9-16(25-18(24)15(14)10-23)13-6-1-2-7-17(13)26(27)28/h1-9H,(H2,24,25). The van der Waals surface area contributed by atoms with Crippen molar-refractivity contribution in [2.45, 2.75) is 6.18 Å². The van der Waals surface area contributed by atoms with Gasteiger partial charge in [0, 0.05) is 11.6 Å². The lowest BCUT2D eigenvalue weighted by atomic mass is 9.96. The fourth-order valence-corrected chi connectivity index (χ4v) is 2.76. The molecule has 0 aliphatic rings. The Balaban J connectivity index is 2.27. The number of alkyl halides is 3. The highest BCUT2D eigenvalue weighted by Gasteiger charge is 2.31. The van der Waals surface area contributed by atoms with Crippen molar-refractivity contribution in [1.82, 2.24) is 4.98 Å². The van der Waals surface area contributed by atoms with Crippen molar-refractivity contribution in [3.05, 3.63) is 75.8 Å². The molecule has 3 aromatic rings. The van der Waals surface area contributed by atoms with Gasteiger partial charge in [0.15, 0.2) is 0 Å². The average Bonchev–Trinajstić information content (AvgIpc) is 2.66. The van der Waals surface area contributed by atoms with E-state index in [1.54, 1.807) is 6.07 Å². The van der Waals surface area contributed by atoms with Crippen LogP contribution in [-0.2, 0) is 6.18 Å². The van der Waals surface area contributed by atoms with E-state index in [-0.39, 0.29) is 39.5 Å². The molecule has 1 heterocycles. The number of nitriles is 1. The van der Waals surface area contributed by atoms with Crippen LogP contribution in [0.25, 0.3) is 22.4 Å². The molecular formula is C19H11F3N4O2. The summed E-state index contributed by atoms with van der Waals surface area (Å²) < 4.78 is 39.2. The first-order valence-corrected chi connectivity index (χ1v) is 7.84. The van der Waals surface area contributed by atoms with Crippen molar-refractivity contribution in [2.75, 3.05) is 5.73 Å². The van der Waals surface area contributed by atoms with Crippen molar-refractivity contribution in [3.8, 4) is 28.5 Å². The topological polar surface area (TPSA) is 106 Å². The van der Waals surface area contributed by atoms with Crippen LogP contribution in [0.4, 0.5) is 24.7 Å². The van der Waals surface area contributed by atoms with Crippen molar-refractivity contribution in [2.24, 2.45) is 0 Å². The highest BCUT2D eigenvalue weighted by Crippen LogP contribution is 2.37. The van der Waals surface area contributed by atoms with Gasteiger partial charge >= 0.3 is 6.18 Å². The molecule has 0 spiro atoms. The predicted molar refractivity (Wildman–Crippen MR) is 95.9 cm³/mol. The SMILES string of the molecule is N#Cc1c(-c2cccc(C(F)(F)F)c2)cc(-c2ccccc2[N+](=O)[O-])nc1N. The number of hydrogen-bond donors (Lipinski definition) is 1. The van der Waals surface area contributed by atoms with Crippen molar-refractivity contribution >= 4 is 11.5 Å². The van der Waals surface area contributed by atoms with Gasteiger partial charge in [-0.1, -0.05) is 24.3 Å². The molecule has 0 aliphatic carbocycles. The largest absolute Gasteiger partial charge is 0.416 e. The van der Waals surface area contributed by atoms with Crippen LogP contribution < -0.4 is 5.73 Å². The zero-order valence-electron chi connectivity index (χ0n) is 14.1. The van der Waals surface area contributed by atoms with Gasteiger partial charge in [0.25, 0.3) is 5.69 Å². The third kappa shape index (κ3) is 3.48. The molecule has 2 N–H and O–H groups in total. The second-order valence-electron chi connectivity index (χ2n) is 5.78. The molecule has 0 bridgehead atoms. The van der Waals surface area contributed by atoms with Crippen molar-refractivity contribution in [1.29, 1.82) is 5.26 Å². The molecular weight excluding hydrogens is 373 g/mol. The van der Waals surface area contributed by atoms with Gasteiger partial charge in [-0.05, 0) is 29.8 Å². The number of nitro benzene ring substituents is 1. The number of para-hydroxylation sites is 1. The summed E-state index contributed by atoms with van der Waals surface area (Å²) in [5.74, 6) is -0.231. The molecule has 0 aliphatic heterocycles. The third-order valence-corrected chi connectivity index (χ3v) is 4.04. The Morgan fingerprint density at radius 3 is 2.43 bits per heavy atom. The number of benzene rings is 2. The number of halogens is 3. The Labute approximate surface area is 156 Å². The van der Waals surface area contributed by atoms with E-state index in [0.29, 0.717) is 0 Å². The predicted octanol–water partition coefficient (Wildman–Crippen LogP) is 4.80. The molecule has 3 rings (SSSR count). The molecule has 0 fully saturated rings. The number of nitro groups is 1. The molecule has 0 saturated heterocycles. The van der Waals surface area contributed by atoms with Crippen molar-refractivity contribution in [3.63, 3.8) is 0 Å². The maximum Gasteiger partial charge on any atom is 0.416 e. The first-order valence-electron chi connectivity index (χ1n) is 7.84. The lowest BCUT2D eigenvalue weighted by Crippen LogP contribution is -2.05. The van der Waals surface area contributed by atoms with E-state index in [4.69, 9.17) is 5.73 Å². The van der Waals surface area contributed by atoms with E-state index in [2.05, 4.69) is 4.98 Å². The van der Waals surface area contributed by atoms with Crippen molar-refractivity contribution < 1.29 is 18.1 Å². The van der Waals surface area contributed by atoms with Crippen LogP contribution in [0.15, 0.2) is 54.6 Å². The lowest BCUT2D eigenvalue weighted by Gasteiger charge is -2.12. The van der Waals surface area contributed by atoms with Crippen LogP contribution in [0.3, 0.4) is 0 Å². The number of aromatic nitrogens is 1. The zero-order chi connectivity index (χ0) is 20.5. The summed E-state index contributed by atoms with van der Waals surface area (Å²) in [4.78, 5) is 14.7.